The molecule has 1 heterocycles. The summed E-state index contributed by atoms with van der Waals surface area (Å²) in [4.78, 5) is 28.3. The number of hydrogen-bond acceptors (Lipinski definition) is 8. The van der Waals surface area contributed by atoms with Gasteiger partial charge in [0.15, 0.2) is 28.8 Å². The molecule has 5 rings (SSSR count). The third-order valence-corrected chi connectivity index (χ3v) is 8.31. The fourth-order valence-corrected chi connectivity index (χ4v) is 6.18. The van der Waals surface area contributed by atoms with E-state index >= 15 is 0 Å². The zero-order chi connectivity index (χ0) is 31.5. The molecule has 9 nitrogen and oxygen atoms in total. The number of ether oxygens (including phenoxy) is 5. The lowest BCUT2D eigenvalue weighted by atomic mass is 9.71. The molecule has 0 aromatic heterocycles. The summed E-state index contributed by atoms with van der Waals surface area (Å²) in [6.07, 6.45) is 0.820. The van der Waals surface area contributed by atoms with Crippen LogP contribution in [0, 0.1) is 6.92 Å². The smallest absolute Gasteiger partial charge is 0.254 e. The van der Waals surface area contributed by atoms with Crippen molar-refractivity contribution in [3.05, 3.63) is 93.8 Å². The zero-order valence-corrected chi connectivity index (χ0v) is 26.1. The number of nitrogens with one attached hydrogen (secondary N) is 2. The molecule has 0 saturated heterocycles. The first-order chi connectivity index (χ1) is 21.2. The number of Topliss-reactive ketones (excluding diaryl/α,β-unsaturated/α-hetero) is 1. The Morgan fingerprint density at radius 3 is 2.07 bits per heavy atom. The van der Waals surface area contributed by atoms with Crippen molar-refractivity contribution in [2.24, 2.45) is 0 Å². The molecule has 0 spiro atoms. The summed E-state index contributed by atoms with van der Waals surface area (Å²) in [7, 11) is 7.80. The summed E-state index contributed by atoms with van der Waals surface area (Å²) >= 11 is 0. The van der Waals surface area contributed by atoms with Crippen molar-refractivity contribution in [3.63, 3.8) is 0 Å². The van der Waals surface area contributed by atoms with Crippen molar-refractivity contribution < 1.29 is 33.3 Å². The molecule has 0 radical (unpaired) electrons. The molecule has 0 saturated carbocycles. The predicted octanol–water partition coefficient (Wildman–Crippen LogP) is 6.04. The molecule has 3 aromatic carbocycles. The molecule has 2 atom stereocenters. The predicted molar refractivity (Wildman–Crippen MR) is 168 cm³/mol. The molecular formula is C35H38N2O7. The summed E-state index contributed by atoms with van der Waals surface area (Å²) in [6.45, 7) is 3.85. The van der Waals surface area contributed by atoms with Crippen LogP contribution >= 0.6 is 0 Å². The number of amides is 1. The van der Waals surface area contributed by atoms with Gasteiger partial charge >= 0.3 is 0 Å². The van der Waals surface area contributed by atoms with Crippen molar-refractivity contribution in [3.8, 4) is 28.7 Å². The molecule has 230 valence electrons. The number of anilines is 1. The Hall–Kier alpha value is -4.92. The first-order valence-corrected chi connectivity index (χ1v) is 14.4. The Morgan fingerprint density at radius 1 is 0.773 bits per heavy atom. The Morgan fingerprint density at radius 2 is 1.43 bits per heavy atom. The number of ketones is 1. The average molecular weight is 599 g/mol. The van der Waals surface area contributed by atoms with Crippen molar-refractivity contribution >= 4 is 17.4 Å². The maximum absolute atomic E-state index is 14.2. The molecule has 1 aliphatic carbocycles. The number of methoxy groups -OCH3 is 5. The second-order valence-electron chi connectivity index (χ2n) is 10.9. The van der Waals surface area contributed by atoms with E-state index in [1.807, 2.05) is 62.4 Å². The zero-order valence-electron chi connectivity index (χ0n) is 26.1. The molecule has 1 aliphatic heterocycles. The average Bonchev–Trinajstić information content (AvgIpc) is 3.03. The molecule has 0 fully saturated rings. The van der Waals surface area contributed by atoms with E-state index in [0.29, 0.717) is 63.3 Å². The fraction of sp³-hybridized carbons (Fsp3) is 0.314. The van der Waals surface area contributed by atoms with E-state index in [-0.39, 0.29) is 24.0 Å². The van der Waals surface area contributed by atoms with Gasteiger partial charge in [-0.1, -0.05) is 29.8 Å². The molecule has 9 heteroatoms. The van der Waals surface area contributed by atoms with Gasteiger partial charge in [0.2, 0.25) is 5.75 Å². The molecular weight excluding hydrogens is 560 g/mol. The van der Waals surface area contributed by atoms with Gasteiger partial charge in [0.05, 0.1) is 41.5 Å². The van der Waals surface area contributed by atoms with E-state index in [1.165, 1.54) is 14.2 Å². The van der Waals surface area contributed by atoms with Crippen molar-refractivity contribution in [1.82, 2.24) is 5.32 Å². The molecule has 2 N–H and O–H groups in total. The monoisotopic (exact) mass is 598 g/mol. The van der Waals surface area contributed by atoms with E-state index in [4.69, 9.17) is 23.7 Å². The first-order valence-electron chi connectivity index (χ1n) is 14.4. The molecule has 44 heavy (non-hydrogen) atoms. The van der Waals surface area contributed by atoms with Crippen molar-refractivity contribution in [1.29, 1.82) is 0 Å². The summed E-state index contributed by atoms with van der Waals surface area (Å²) in [5, 5.41) is 6.47. The number of benzene rings is 3. The minimum Gasteiger partial charge on any atom is -0.493 e. The molecule has 1 amide bonds. The Labute approximate surface area is 257 Å². The van der Waals surface area contributed by atoms with E-state index in [0.717, 1.165) is 16.8 Å². The molecule has 3 aromatic rings. The number of carbonyl (C=O) groups is 2. The topological polar surface area (TPSA) is 104 Å². The van der Waals surface area contributed by atoms with Gasteiger partial charge < -0.3 is 34.3 Å². The van der Waals surface area contributed by atoms with Gasteiger partial charge in [-0.2, -0.15) is 0 Å². The number of hydrogen-bond donors (Lipinski definition) is 2. The van der Waals surface area contributed by atoms with Crippen molar-refractivity contribution in [2.75, 3.05) is 40.9 Å². The maximum Gasteiger partial charge on any atom is 0.254 e. The largest absolute Gasteiger partial charge is 0.493 e. The van der Waals surface area contributed by atoms with E-state index in [1.54, 1.807) is 27.4 Å². The summed E-state index contributed by atoms with van der Waals surface area (Å²) in [6, 6.07) is 16.9. The van der Waals surface area contributed by atoms with Gasteiger partial charge in [0.1, 0.15) is 0 Å². The third kappa shape index (κ3) is 5.57. The lowest BCUT2D eigenvalue weighted by molar-refractivity contribution is -0.116. The Balaban J connectivity index is 1.63. The highest BCUT2D eigenvalue weighted by Gasteiger charge is 2.43. The van der Waals surface area contributed by atoms with Crippen LogP contribution in [0.1, 0.15) is 48.3 Å². The van der Waals surface area contributed by atoms with Gasteiger partial charge in [0, 0.05) is 40.2 Å². The highest BCUT2D eigenvalue weighted by Crippen LogP contribution is 2.51. The van der Waals surface area contributed by atoms with Crippen molar-refractivity contribution in [2.45, 2.75) is 38.5 Å². The van der Waals surface area contributed by atoms with Crippen LogP contribution in [0.5, 0.6) is 28.7 Å². The Bertz CT molecular complexity index is 1660. The maximum atomic E-state index is 14.2. The van der Waals surface area contributed by atoms with E-state index in [2.05, 4.69) is 10.6 Å². The summed E-state index contributed by atoms with van der Waals surface area (Å²) < 4.78 is 28.0. The second-order valence-corrected chi connectivity index (χ2v) is 10.9. The number of aryl methyl sites for hydroxylation is 1. The lowest BCUT2D eigenvalue weighted by Gasteiger charge is -2.37. The van der Waals surface area contributed by atoms with Crippen LogP contribution in [0.3, 0.4) is 0 Å². The van der Waals surface area contributed by atoms with Gasteiger partial charge in [0.25, 0.3) is 5.91 Å². The standard InChI is InChI=1S/C35H38N2O7/c1-19-8-11-23(12-9-19)37-35(39)30-20(2)36-25-16-22(21-10-14-27(40-3)29(18-21)42-5)17-26(38)32(25)31(30)24-13-15-28(41-4)34(44-7)33(24)43-6/h8-15,18,22,31,36H,16-17H2,1-7H3,(H,37,39)/t22-,31-/m0/s1. The Kier molecular flexibility index (Phi) is 8.85. The van der Waals surface area contributed by atoms with Crippen LogP contribution in [-0.2, 0) is 9.59 Å². The van der Waals surface area contributed by atoms with Crippen LogP contribution in [0.15, 0.2) is 77.1 Å². The van der Waals surface area contributed by atoms with Crippen LogP contribution in [0.2, 0.25) is 0 Å². The van der Waals surface area contributed by atoms with Gasteiger partial charge in [-0.25, -0.2) is 0 Å². The van der Waals surface area contributed by atoms with Crippen LogP contribution < -0.4 is 34.3 Å². The molecule has 0 unspecified atom stereocenters. The number of rotatable bonds is 9. The lowest BCUT2D eigenvalue weighted by Crippen LogP contribution is -2.37. The van der Waals surface area contributed by atoms with Crippen LogP contribution in [-0.4, -0.2) is 47.2 Å². The summed E-state index contributed by atoms with van der Waals surface area (Å²) in [5.74, 6) is 1.29. The van der Waals surface area contributed by atoms with Gasteiger partial charge in [-0.15, -0.1) is 0 Å². The number of allylic oxidation sites excluding steroid dienone is 3. The van der Waals surface area contributed by atoms with Crippen LogP contribution in [0.25, 0.3) is 0 Å². The number of dihydropyridines is 1. The number of carbonyl (C=O) groups excluding carboxylic acids is 2. The van der Waals surface area contributed by atoms with Gasteiger partial charge in [-0.05, 0) is 62.1 Å². The second kappa shape index (κ2) is 12.8. The normalized spacial score (nSPS) is 17.8. The quantitative estimate of drug-likeness (QED) is 0.307. The highest BCUT2D eigenvalue weighted by atomic mass is 16.5. The summed E-state index contributed by atoms with van der Waals surface area (Å²) in [5.41, 5.74) is 5.71. The highest BCUT2D eigenvalue weighted by molar-refractivity contribution is 6.10. The first kappa shape index (κ1) is 30.5. The molecule has 0 bridgehead atoms. The van der Waals surface area contributed by atoms with Crippen LogP contribution in [0.4, 0.5) is 5.69 Å². The molecule has 2 aliphatic rings. The van der Waals surface area contributed by atoms with Gasteiger partial charge in [-0.3, -0.25) is 9.59 Å². The SMILES string of the molecule is COc1ccc([C@@H]2CC(=O)C3=C(C2)NC(C)=C(C(=O)Nc2ccc(C)cc2)[C@@H]3c2ccc(OC)c(OC)c2OC)cc1OC. The third-order valence-electron chi connectivity index (χ3n) is 8.31. The minimum absolute atomic E-state index is 0.0616. The fourth-order valence-electron chi connectivity index (χ4n) is 6.18. The van der Waals surface area contributed by atoms with E-state index in [9.17, 15) is 9.59 Å². The minimum atomic E-state index is -0.717. The van der Waals surface area contributed by atoms with E-state index < -0.39 is 5.92 Å².